The van der Waals surface area contributed by atoms with Crippen molar-refractivity contribution in [2.75, 3.05) is 0 Å². The van der Waals surface area contributed by atoms with Crippen molar-refractivity contribution in [2.24, 2.45) is 11.8 Å². The van der Waals surface area contributed by atoms with Crippen molar-refractivity contribution in [3.8, 4) is 11.1 Å². The molecule has 0 heteroatoms. The Balaban J connectivity index is 1.36. The van der Waals surface area contributed by atoms with Gasteiger partial charge in [-0.05, 0) is 109 Å². The smallest absolute Gasteiger partial charge is 0.0178 e. The van der Waals surface area contributed by atoms with Gasteiger partial charge in [-0.3, -0.25) is 0 Å². The van der Waals surface area contributed by atoms with Crippen LogP contribution in [0.5, 0.6) is 0 Å². The molecule has 31 heavy (non-hydrogen) atoms. The molecule has 3 aromatic rings. The molecule has 0 N–H and O–H groups in total. The van der Waals surface area contributed by atoms with Crippen molar-refractivity contribution in [3.63, 3.8) is 0 Å². The van der Waals surface area contributed by atoms with Crippen LogP contribution in [-0.2, 0) is 12.8 Å². The number of hydrogen-bond donors (Lipinski definition) is 0. The first kappa shape index (κ1) is 21.6. The summed E-state index contributed by atoms with van der Waals surface area (Å²) in [7, 11) is 0. The molecule has 3 aromatic carbocycles. The van der Waals surface area contributed by atoms with Crippen LogP contribution in [-0.4, -0.2) is 0 Å². The lowest BCUT2D eigenvalue weighted by molar-refractivity contribution is 0.296. The van der Waals surface area contributed by atoms with Gasteiger partial charge < -0.3 is 0 Å². The molecule has 1 saturated carbocycles. The Kier molecular flexibility index (Phi) is 7.41. The van der Waals surface area contributed by atoms with Crippen LogP contribution in [0, 0.1) is 11.8 Å². The molecule has 1 fully saturated rings. The molecule has 0 unspecified atom stereocenters. The van der Waals surface area contributed by atoms with Gasteiger partial charge >= 0.3 is 0 Å². The van der Waals surface area contributed by atoms with Crippen LogP contribution in [0.15, 0.2) is 85.5 Å². The number of rotatable bonds is 8. The van der Waals surface area contributed by atoms with Gasteiger partial charge in [0.1, 0.15) is 0 Å². The minimum Gasteiger partial charge on any atom is -0.103 e. The molecule has 160 valence electrons. The molecule has 1 aliphatic rings. The van der Waals surface area contributed by atoms with Gasteiger partial charge in [0, 0.05) is 0 Å². The zero-order valence-electron chi connectivity index (χ0n) is 19.0. The molecule has 1 aliphatic carbocycles. The number of aryl methyl sites for hydroxylation is 2. The van der Waals surface area contributed by atoms with Crippen molar-refractivity contribution >= 4 is 10.8 Å². The van der Waals surface area contributed by atoms with E-state index in [4.69, 9.17) is 0 Å². The Labute approximate surface area is 188 Å². The van der Waals surface area contributed by atoms with E-state index in [0.29, 0.717) is 0 Å². The maximum atomic E-state index is 3.83. The molecular weight excluding hydrogens is 372 g/mol. The van der Waals surface area contributed by atoms with Crippen molar-refractivity contribution in [1.82, 2.24) is 0 Å². The summed E-state index contributed by atoms with van der Waals surface area (Å²) in [5.74, 6) is 1.75. The molecule has 0 radical (unpaired) electrons. The van der Waals surface area contributed by atoms with Crippen molar-refractivity contribution in [1.29, 1.82) is 0 Å². The second-order valence-corrected chi connectivity index (χ2v) is 9.27. The highest BCUT2D eigenvalue weighted by Crippen LogP contribution is 2.32. The first-order chi connectivity index (χ1) is 15.2. The van der Waals surface area contributed by atoms with Crippen LogP contribution in [0.1, 0.15) is 56.6 Å². The van der Waals surface area contributed by atoms with Crippen LogP contribution in [0.4, 0.5) is 0 Å². The third-order valence-electron chi connectivity index (χ3n) is 7.03. The quantitative estimate of drug-likeness (QED) is 0.326. The molecule has 0 aromatic heterocycles. The van der Waals surface area contributed by atoms with E-state index < -0.39 is 0 Å². The Bertz CT molecular complexity index is 1010. The minimum atomic E-state index is 0.834. The third-order valence-corrected chi connectivity index (χ3v) is 7.03. The van der Waals surface area contributed by atoms with Gasteiger partial charge in [0.05, 0.1) is 0 Å². The van der Waals surface area contributed by atoms with Crippen LogP contribution in [0.3, 0.4) is 0 Å². The zero-order valence-corrected chi connectivity index (χ0v) is 19.0. The molecule has 0 atom stereocenters. The summed E-state index contributed by atoms with van der Waals surface area (Å²) in [4.78, 5) is 0. The van der Waals surface area contributed by atoms with Crippen molar-refractivity contribution in [3.05, 3.63) is 96.6 Å². The molecule has 0 bridgehead atoms. The lowest BCUT2D eigenvalue weighted by Gasteiger charge is -2.26. The molecule has 0 heterocycles. The van der Waals surface area contributed by atoms with Crippen LogP contribution in [0.2, 0.25) is 0 Å². The highest BCUT2D eigenvalue weighted by atomic mass is 14.2. The monoisotopic (exact) mass is 408 g/mol. The van der Waals surface area contributed by atoms with Crippen LogP contribution in [0.25, 0.3) is 21.9 Å². The van der Waals surface area contributed by atoms with Crippen molar-refractivity contribution < 1.29 is 0 Å². The van der Waals surface area contributed by atoms with Gasteiger partial charge in [0.15, 0.2) is 0 Å². The van der Waals surface area contributed by atoms with Gasteiger partial charge in [-0.1, -0.05) is 72.8 Å². The average Bonchev–Trinajstić information content (AvgIpc) is 2.82. The zero-order chi connectivity index (χ0) is 21.5. The first-order valence-corrected chi connectivity index (χ1v) is 12.1. The average molecular weight is 409 g/mol. The maximum absolute atomic E-state index is 3.83. The summed E-state index contributed by atoms with van der Waals surface area (Å²) in [6, 6.07) is 23.0. The Morgan fingerprint density at radius 1 is 0.774 bits per heavy atom. The summed E-state index contributed by atoms with van der Waals surface area (Å²) in [5, 5.41) is 2.64. The fraction of sp³-hybridized carbons (Fsp3) is 0.355. The molecule has 0 saturated heterocycles. The topological polar surface area (TPSA) is 0 Å². The second-order valence-electron chi connectivity index (χ2n) is 9.27. The molecular formula is C31H36. The Hall–Kier alpha value is -2.60. The molecule has 0 aliphatic heterocycles. The molecule has 0 nitrogen and oxygen atoms in total. The van der Waals surface area contributed by atoms with Gasteiger partial charge in [0.25, 0.3) is 0 Å². The predicted octanol–water partition coefficient (Wildman–Crippen LogP) is 8.94. The van der Waals surface area contributed by atoms with Gasteiger partial charge in [-0.15, -0.1) is 6.58 Å². The van der Waals surface area contributed by atoms with Crippen LogP contribution >= 0.6 is 0 Å². The first-order valence-electron chi connectivity index (χ1n) is 12.1. The fourth-order valence-corrected chi connectivity index (χ4v) is 5.08. The van der Waals surface area contributed by atoms with Crippen LogP contribution < -0.4 is 0 Å². The lowest BCUT2D eigenvalue weighted by atomic mass is 9.79. The fourth-order valence-electron chi connectivity index (χ4n) is 5.08. The lowest BCUT2D eigenvalue weighted by Crippen LogP contribution is -2.13. The molecule has 4 rings (SSSR count). The minimum absolute atomic E-state index is 0.834. The van der Waals surface area contributed by atoms with Crippen molar-refractivity contribution in [2.45, 2.75) is 58.3 Å². The number of fused-ring (bicyclic) bond motifs is 1. The molecule has 0 spiro atoms. The third kappa shape index (κ3) is 5.76. The van der Waals surface area contributed by atoms with E-state index in [9.17, 15) is 0 Å². The highest BCUT2D eigenvalue weighted by molar-refractivity contribution is 5.87. The predicted molar refractivity (Wildman–Crippen MR) is 136 cm³/mol. The van der Waals surface area contributed by atoms with Gasteiger partial charge in [-0.25, -0.2) is 0 Å². The Morgan fingerprint density at radius 3 is 2.19 bits per heavy atom. The summed E-state index contributed by atoms with van der Waals surface area (Å²) in [6.45, 7) is 5.98. The molecule has 0 amide bonds. The Morgan fingerprint density at radius 2 is 1.45 bits per heavy atom. The summed E-state index contributed by atoms with van der Waals surface area (Å²) >= 11 is 0. The SMILES string of the molecule is C=CCCc1ccc2cc(-c3ccc(CCC4CCC(/C=C/C)CC4)cc3)ccc2c1. The second kappa shape index (κ2) is 10.6. The van der Waals surface area contributed by atoms with E-state index >= 15 is 0 Å². The van der Waals surface area contributed by atoms with E-state index in [1.165, 1.54) is 71.6 Å². The van der Waals surface area contributed by atoms with E-state index in [1.807, 2.05) is 6.08 Å². The standard InChI is InChI=1S/C31H36/c1-3-5-7-27-16-19-31-23-30(21-20-29(31)22-27)28-17-14-26(15-18-28)13-12-25-10-8-24(6-4-2)9-11-25/h3-4,6,14-25H,1,5,7-13H2,2H3/b6-4+. The number of hydrogen-bond acceptors (Lipinski definition) is 0. The van der Waals surface area contributed by atoms with Gasteiger partial charge in [0.2, 0.25) is 0 Å². The van der Waals surface area contributed by atoms with E-state index in [2.05, 4.69) is 86.3 Å². The normalized spacial score (nSPS) is 19.1. The summed E-state index contributed by atoms with van der Waals surface area (Å²) in [5.41, 5.74) is 5.49. The largest absolute Gasteiger partial charge is 0.103 e. The van der Waals surface area contributed by atoms with E-state index in [-0.39, 0.29) is 0 Å². The number of benzene rings is 3. The van der Waals surface area contributed by atoms with Gasteiger partial charge in [-0.2, -0.15) is 0 Å². The van der Waals surface area contributed by atoms with E-state index in [0.717, 1.165) is 24.7 Å². The summed E-state index contributed by atoms with van der Waals surface area (Å²) in [6.07, 6.45) is 16.8. The van der Waals surface area contributed by atoms with E-state index in [1.54, 1.807) is 0 Å². The maximum Gasteiger partial charge on any atom is -0.0178 e. The summed E-state index contributed by atoms with van der Waals surface area (Å²) < 4.78 is 0. The highest BCUT2D eigenvalue weighted by Gasteiger charge is 2.19. The number of allylic oxidation sites excluding steroid dienone is 3.